The van der Waals surface area contributed by atoms with Gasteiger partial charge in [0.25, 0.3) is 0 Å². The lowest BCUT2D eigenvalue weighted by Gasteiger charge is -2.33. The van der Waals surface area contributed by atoms with Gasteiger partial charge in [-0.2, -0.15) is 9.61 Å². The van der Waals surface area contributed by atoms with E-state index in [1.807, 2.05) is 48.7 Å². The predicted octanol–water partition coefficient (Wildman–Crippen LogP) is 5.66. The first-order valence-corrected chi connectivity index (χ1v) is 11.7. The second-order valence-corrected chi connectivity index (χ2v) is 9.13. The van der Waals surface area contributed by atoms with E-state index >= 15 is 0 Å². The third-order valence-electron chi connectivity index (χ3n) is 6.39. The van der Waals surface area contributed by atoms with Crippen molar-refractivity contribution in [2.24, 2.45) is 5.92 Å². The van der Waals surface area contributed by atoms with Crippen LogP contribution in [0.1, 0.15) is 24.1 Å². The number of amides is 1. The Morgan fingerprint density at radius 2 is 1.82 bits per heavy atom. The number of aromatic nitrogens is 3. The van der Waals surface area contributed by atoms with Crippen LogP contribution in [0.3, 0.4) is 0 Å². The number of rotatable bonds is 4. The number of hydrogen-bond acceptors (Lipinski definition) is 4. The molecule has 4 aromatic rings. The van der Waals surface area contributed by atoms with E-state index in [0.29, 0.717) is 5.02 Å². The van der Waals surface area contributed by atoms with Crippen molar-refractivity contribution in [2.75, 3.05) is 23.3 Å². The van der Waals surface area contributed by atoms with E-state index in [0.717, 1.165) is 65.6 Å². The highest BCUT2D eigenvalue weighted by Crippen LogP contribution is 2.29. The van der Waals surface area contributed by atoms with Gasteiger partial charge in [-0.1, -0.05) is 17.7 Å². The number of benzene rings is 2. The van der Waals surface area contributed by atoms with E-state index in [1.165, 1.54) is 12.1 Å². The maximum Gasteiger partial charge on any atom is 0.227 e. The monoisotopic (exact) mass is 477 g/mol. The largest absolute Gasteiger partial charge is 0.356 e. The van der Waals surface area contributed by atoms with Gasteiger partial charge in [-0.25, -0.2) is 9.37 Å². The summed E-state index contributed by atoms with van der Waals surface area (Å²) >= 11 is 6.19. The van der Waals surface area contributed by atoms with E-state index in [9.17, 15) is 9.18 Å². The molecule has 1 saturated heterocycles. The van der Waals surface area contributed by atoms with Crippen LogP contribution in [0.25, 0.3) is 16.9 Å². The van der Waals surface area contributed by atoms with Gasteiger partial charge in [-0.05, 0) is 68.7 Å². The number of carbonyl (C=O) groups excluding carboxylic acids is 1. The topological polar surface area (TPSA) is 62.5 Å². The SMILES string of the molecule is Cc1cc(N2CCC(C(=O)Nc3cccc(Cl)c3C)CC2)n2nc(-c3ccc(F)cc3)cc2n1. The predicted molar refractivity (Wildman–Crippen MR) is 133 cm³/mol. The van der Waals surface area contributed by atoms with E-state index in [-0.39, 0.29) is 17.6 Å². The van der Waals surface area contributed by atoms with Crippen LogP contribution in [0.2, 0.25) is 5.02 Å². The average molecular weight is 478 g/mol. The van der Waals surface area contributed by atoms with Crippen LogP contribution in [0.4, 0.5) is 15.9 Å². The van der Waals surface area contributed by atoms with Gasteiger partial charge in [0.2, 0.25) is 5.91 Å². The van der Waals surface area contributed by atoms with Crippen LogP contribution < -0.4 is 10.2 Å². The molecule has 0 aliphatic carbocycles. The number of anilines is 2. The fraction of sp³-hybridized carbons (Fsp3) is 0.269. The molecule has 1 fully saturated rings. The molecule has 3 heterocycles. The Hall–Kier alpha value is -3.45. The molecule has 0 saturated carbocycles. The molecule has 34 heavy (non-hydrogen) atoms. The van der Waals surface area contributed by atoms with E-state index in [4.69, 9.17) is 16.7 Å². The molecule has 174 valence electrons. The number of piperidine rings is 1. The summed E-state index contributed by atoms with van der Waals surface area (Å²) in [5.74, 6) is 0.624. The molecule has 2 aromatic carbocycles. The summed E-state index contributed by atoms with van der Waals surface area (Å²) in [4.78, 5) is 19.8. The third-order valence-corrected chi connectivity index (χ3v) is 6.80. The van der Waals surface area contributed by atoms with Gasteiger partial charge in [-0.15, -0.1) is 0 Å². The molecule has 1 N–H and O–H groups in total. The van der Waals surface area contributed by atoms with Crippen molar-refractivity contribution in [3.05, 3.63) is 76.7 Å². The molecule has 0 radical (unpaired) electrons. The third kappa shape index (κ3) is 4.35. The van der Waals surface area contributed by atoms with Crippen LogP contribution >= 0.6 is 11.6 Å². The average Bonchev–Trinajstić information content (AvgIpc) is 3.26. The second kappa shape index (κ2) is 9.06. The molecular weight excluding hydrogens is 453 g/mol. The minimum atomic E-state index is -0.278. The molecule has 8 heteroatoms. The van der Waals surface area contributed by atoms with Crippen LogP contribution in [0, 0.1) is 25.6 Å². The maximum absolute atomic E-state index is 13.3. The highest BCUT2D eigenvalue weighted by molar-refractivity contribution is 6.31. The lowest BCUT2D eigenvalue weighted by atomic mass is 9.95. The van der Waals surface area contributed by atoms with Crippen LogP contribution in [0.5, 0.6) is 0 Å². The highest BCUT2D eigenvalue weighted by Gasteiger charge is 2.27. The Kier molecular flexibility index (Phi) is 5.96. The summed E-state index contributed by atoms with van der Waals surface area (Å²) in [7, 11) is 0. The normalized spacial score (nSPS) is 14.5. The van der Waals surface area contributed by atoms with Gasteiger partial charge >= 0.3 is 0 Å². The van der Waals surface area contributed by atoms with Crippen molar-refractivity contribution in [1.29, 1.82) is 0 Å². The summed E-state index contributed by atoms with van der Waals surface area (Å²) in [5.41, 5.74) is 4.85. The Balaban J connectivity index is 1.33. The van der Waals surface area contributed by atoms with Crippen LogP contribution in [-0.2, 0) is 4.79 Å². The van der Waals surface area contributed by atoms with Crippen molar-refractivity contribution in [3.8, 4) is 11.3 Å². The number of hydrogen-bond donors (Lipinski definition) is 1. The molecule has 1 aliphatic rings. The number of carbonyl (C=O) groups is 1. The Labute approximate surface area is 202 Å². The lowest BCUT2D eigenvalue weighted by Crippen LogP contribution is -2.39. The number of fused-ring (bicyclic) bond motifs is 1. The van der Waals surface area contributed by atoms with Gasteiger partial charge in [0, 0.05) is 53.1 Å². The minimum absolute atomic E-state index is 0.0266. The number of nitrogens with zero attached hydrogens (tertiary/aromatic N) is 4. The Morgan fingerprint density at radius 1 is 1.09 bits per heavy atom. The first-order chi connectivity index (χ1) is 16.4. The summed E-state index contributed by atoms with van der Waals surface area (Å²) in [6, 6.07) is 15.8. The number of aryl methyl sites for hydroxylation is 1. The van der Waals surface area contributed by atoms with Crippen molar-refractivity contribution in [3.63, 3.8) is 0 Å². The summed E-state index contributed by atoms with van der Waals surface area (Å²) in [6.45, 7) is 5.33. The van der Waals surface area contributed by atoms with E-state index in [2.05, 4.69) is 15.2 Å². The van der Waals surface area contributed by atoms with Crippen molar-refractivity contribution < 1.29 is 9.18 Å². The number of nitrogens with one attached hydrogen (secondary N) is 1. The maximum atomic E-state index is 13.3. The Bertz CT molecular complexity index is 1360. The van der Waals surface area contributed by atoms with Gasteiger partial charge in [0.05, 0.1) is 5.69 Å². The molecule has 1 aliphatic heterocycles. The molecule has 0 unspecified atom stereocenters. The van der Waals surface area contributed by atoms with Crippen molar-refractivity contribution in [2.45, 2.75) is 26.7 Å². The van der Waals surface area contributed by atoms with Crippen LogP contribution in [-0.4, -0.2) is 33.6 Å². The zero-order valence-corrected chi connectivity index (χ0v) is 19.8. The van der Waals surface area contributed by atoms with Crippen molar-refractivity contribution >= 4 is 34.7 Å². The molecule has 0 bridgehead atoms. The molecule has 6 nitrogen and oxygen atoms in total. The fourth-order valence-corrected chi connectivity index (χ4v) is 4.59. The zero-order chi connectivity index (χ0) is 23.8. The first-order valence-electron chi connectivity index (χ1n) is 11.3. The molecule has 0 spiro atoms. The zero-order valence-electron chi connectivity index (χ0n) is 19.1. The van der Waals surface area contributed by atoms with Gasteiger partial charge in [0.1, 0.15) is 11.6 Å². The smallest absolute Gasteiger partial charge is 0.227 e. The van der Waals surface area contributed by atoms with Crippen LogP contribution in [0.15, 0.2) is 54.6 Å². The first kappa shape index (κ1) is 22.3. The summed E-state index contributed by atoms with van der Waals surface area (Å²) < 4.78 is 15.2. The number of halogens is 2. The van der Waals surface area contributed by atoms with Gasteiger partial charge in [0.15, 0.2) is 5.65 Å². The highest BCUT2D eigenvalue weighted by atomic mass is 35.5. The molecule has 5 rings (SSSR count). The fourth-order valence-electron chi connectivity index (χ4n) is 4.42. The standard InChI is InChI=1S/C26H25ClFN5O/c1-16-14-25(33-24(29-16)15-23(31-33)18-6-8-20(28)9-7-18)32-12-10-19(11-13-32)26(34)30-22-5-3-4-21(27)17(22)2/h3-9,14-15,19H,10-13H2,1-2H3,(H,30,34). The minimum Gasteiger partial charge on any atom is -0.356 e. The summed E-state index contributed by atoms with van der Waals surface area (Å²) in [5, 5.41) is 8.44. The molecule has 2 aromatic heterocycles. The lowest BCUT2D eigenvalue weighted by molar-refractivity contribution is -0.120. The Morgan fingerprint density at radius 3 is 2.56 bits per heavy atom. The molecule has 1 amide bonds. The molecule has 0 atom stereocenters. The second-order valence-electron chi connectivity index (χ2n) is 8.73. The van der Waals surface area contributed by atoms with E-state index < -0.39 is 0 Å². The van der Waals surface area contributed by atoms with Crippen molar-refractivity contribution in [1.82, 2.24) is 14.6 Å². The summed E-state index contributed by atoms with van der Waals surface area (Å²) in [6.07, 6.45) is 1.47. The van der Waals surface area contributed by atoms with Gasteiger partial charge in [-0.3, -0.25) is 4.79 Å². The van der Waals surface area contributed by atoms with Gasteiger partial charge < -0.3 is 10.2 Å². The van der Waals surface area contributed by atoms with E-state index in [1.54, 1.807) is 12.1 Å². The molecular formula is C26H25ClFN5O. The quantitative estimate of drug-likeness (QED) is 0.412.